The van der Waals surface area contributed by atoms with Crippen LogP contribution in [0.15, 0.2) is 0 Å². The summed E-state index contributed by atoms with van der Waals surface area (Å²) in [6.45, 7) is 5.49. The number of hydrogen-bond acceptors (Lipinski definition) is 9. The van der Waals surface area contributed by atoms with Crippen LogP contribution >= 0.6 is 23.5 Å². The maximum absolute atomic E-state index is 12.9. The van der Waals surface area contributed by atoms with Gasteiger partial charge in [-0.2, -0.15) is 23.5 Å². The van der Waals surface area contributed by atoms with Gasteiger partial charge >= 0.3 is 6.03 Å². The van der Waals surface area contributed by atoms with Crippen LogP contribution in [0.3, 0.4) is 0 Å². The van der Waals surface area contributed by atoms with Crippen LogP contribution in [-0.2, 0) is 14.3 Å². The molecule has 0 bridgehead atoms. The molecule has 0 aromatic rings. The second-order valence-electron chi connectivity index (χ2n) is 11.5. The van der Waals surface area contributed by atoms with Crippen LogP contribution in [0.2, 0.25) is 0 Å². The van der Waals surface area contributed by atoms with Crippen molar-refractivity contribution in [3.8, 4) is 0 Å². The standard InChI is InChI=1S/C26H45N5O6S2/c1-13(4-5-19-20-17(12-39-19)30-26(36)31-20)10-14(2)24(35)27-11-18-22(33)23(34)21(28-15(3)32)25(37-18)29-16-6-8-38-9-7-16/h13-14,16-23,25,29,33-34H,4-12H2,1-3H3,(H,27,35)(H,28,32)(H2,30,31,36)/t13?,14?,17-,18?,19-,20-,21?,22+,23?,25+/m0/s1. The fraction of sp³-hybridized carbons (Fsp3) is 0.885. The monoisotopic (exact) mass is 587 g/mol. The first-order valence-corrected chi connectivity index (χ1v) is 16.4. The zero-order chi connectivity index (χ0) is 28.1. The van der Waals surface area contributed by atoms with E-state index in [-0.39, 0.29) is 48.4 Å². The molecule has 10 atom stereocenters. The van der Waals surface area contributed by atoms with E-state index in [9.17, 15) is 24.6 Å². The predicted molar refractivity (Wildman–Crippen MR) is 152 cm³/mol. The summed E-state index contributed by atoms with van der Waals surface area (Å²) in [6.07, 6.45) is 0.644. The van der Waals surface area contributed by atoms with Crippen molar-refractivity contribution >= 4 is 41.4 Å². The summed E-state index contributed by atoms with van der Waals surface area (Å²) in [5, 5.41) is 37.0. The summed E-state index contributed by atoms with van der Waals surface area (Å²) in [5.74, 6) is 2.69. The Hall–Kier alpha value is -1.25. The lowest BCUT2D eigenvalue weighted by Gasteiger charge is -2.45. The number of fused-ring (bicyclic) bond motifs is 1. The van der Waals surface area contributed by atoms with Crippen LogP contribution < -0.4 is 26.6 Å². The smallest absolute Gasteiger partial charge is 0.315 e. The van der Waals surface area contributed by atoms with Crippen molar-refractivity contribution in [2.75, 3.05) is 23.8 Å². The Bertz CT molecular complexity index is 865. The van der Waals surface area contributed by atoms with Crippen molar-refractivity contribution in [1.29, 1.82) is 0 Å². The summed E-state index contributed by atoms with van der Waals surface area (Å²) in [4.78, 5) is 36.3. The number of amides is 4. The Balaban J connectivity index is 1.23. The molecule has 7 N–H and O–H groups in total. The third kappa shape index (κ3) is 8.16. The first kappa shape index (κ1) is 30.7. The van der Waals surface area contributed by atoms with Crippen molar-refractivity contribution < 1.29 is 29.3 Å². The minimum atomic E-state index is -1.25. The predicted octanol–water partition coefficient (Wildman–Crippen LogP) is 0.147. The lowest BCUT2D eigenvalue weighted by Crippen LogP contribution is -2.69. The minimum Gasteiger partial charge on any atom is -0.388 e. The van der Waals surface area contributed by atoms with Gasteiger partial charge in [-0.05, 0) is 49.5 Å². The first-order valence-electron chi connectivity index (χ1n) is 14.2. The van der Waals surface area contributed by atoms with Gasteiger partial charge in [0.2, 0.25) is 11.8 Å². The van der Waals surface area contributed by atoms with Crippen LogP contribution in [0.1, 0.15) is 52.9 Å². The maximum Gasteiger partial charge on any atom is 0.315 e. The van der Waals surface area contributed by atoms with Gasteiger partial charge < -0.3 is 36.2 Å². The highest BCUT2D eigenvalue weighted by Gasteiger charge is 2.46. The van der Waals surface area contributed by atoms with E-state index in [1.165, 1.54) is 6.92 Å². The van der Waals surface area contributed by atoms with Gasteiger partial charge in [-0.15, -0.1) is 0 Å². The fourth-order valence-electron chi connectivity index (χ4n) is 6.06. The van der Waals surface area contributed by atoms with E-state index in [4.69, 9.17) is 4.74 Å². The number of carbonyl (C=O) groups excluding carboxylic acids is 3. The molecule has 4 heterocycles. The van der Waals surface area contributed by atoms with Gasteiger partial charge in [0.1, 0.15) is 24.5 Å². The molecule has 4 rings (SSSR count). The molecule has 0 spiro atoms. The lowest BCUT2D eigenvalue weighted by molar-refractivity contribution is -0.194. The highest BCUT2D eigenvalue weighted by atomic mass is 32.2. The Morgan fingerprint density at radius 3 is 2.62 bits per heavy atom. The summed E-state index contributed by atoms with van der Waals surface area (Å²) >= 11 is 3.80. The maximum atomic E-state index is 12.9. The second-order valence-corrected chi connectivity index (χ2v) is 14.0. The van der Waals surface area contributed by atoms with E-state index >= 15 is 0 Å². The molecule has 0 aromatic heterocycles. The average Bonchev–Trinajstić information content (AvgIpc) is 3.45. The van der Waals surface area contributed by atoms with E-state index in [1.54, 1.807) is 0 Å². The highest BCUT2D eigenvalue weighted by molar-refractivity contribution is 8.00. The topological polar surface area (TPSA) is 161 Å². The molecule has 222 valence electrons. The van der Waals surface area contributed by atoms with Crippen molar-refractivity contribution in [2.24, 2.45) is 11.8 Å². The van der Waals surface area contributed by atoms with Crippen LogP contribution in [0.25, 0.3) is 0 Å². The minimum absolute atomic E-state index is 0.0652. The number of aliphatic hydroxyl groups excluding tert-OH is 2. The normalized spacial score (nSPS) is 36.4. The molecule has 13 heteroatoms. The molecule has 0 aromatic carbocycles. The molecule has 4 amide bonds. The van der Waals surface area contributed by atoms with Gasteiger partial charge in [-0.3, -0.25) is 14.9 Å². The van der Waals surface area contributed by atoms with E-state index in [1.807, 2.05) is 30.4 Å². The average molecular weight is 588 g/mol. The number of aliphatic hydroxyl groups is 2. The molecular formula is C26H45N5O6S2. The first-order chi connectivity index (χ1) is 18.6. The lowest BCUT2D eigenvalue weighted by atomic mass is 9.91. The SMILES string of the molecule is CC(=O)NC1C(O)[C@H](O)C(CNC(=O)C(C)CC(C)CC[C@@H]2SC[C@@H]3NC(=O)N[C@@H]32)O[C@H]1NC1CCSCC1. The van der Waals surface area contributed by atoms with E-state index < -0.39 is 30.6 Å². The second kappa shape index (κ2) is 14.1. The van der Waals surface area contributed by atoms with Gasteiger partial charge in [0, 0.05) is 36.4 Å². The van der Waals surface area contributed by atoms with E-state index in [0.717, 1.165) is 49.4 Å². The quantitative estimate of drug-likeness (QED) is 0.167. The number of rotatable bonds is 11. The van der Waals surface area contributed by atoms with Crippen LogP contribution in [0, 0.1) is 11.8 Å². The van der Waals surface area contributed by atoms with Crippen LogP contribution in [0.5, 0.6) is 0 Å². The molecule has 39 heavy (non-hydrogen) atoms. The molecule has 11 nitrogen and oxygen atoms in total. The van der Waals surface area contributed by atoms with Gasteiger partial charge in [0.05, 0.1) is 18.1 Å². The molecule has 0 saturated carbocycles. The number of carbonyl (C=O) groups is 3. The zero-order valence-corrected chi connectivity index (χ0v) is 24.7. The molecule has 4 fully saturated rings. The molecule has 4 saturated heterocycles. The molecule has 4 aliphatic rings. The van der Waals surface area contributed by atoms with Crippen molar-refractivity contribution in [2.45, 2.75) is 107 Å². The molecule has 0 radical (unpaired) electrons. The number of nitrogens with one attached hydrogen (secondary N) is 5. The number of hydrogen-bond donors (Lipinski definition) is 7. The zero-order valence-electron chi connectivity index (χ0n) is 23.1. The van der Waals surface area contributed by atoms with Gasteiger partial charge in [-0.1, -0.05) is 13.8 Å². The number of ether oxygens (including phenoxy) is 1. The van der Waals surface area contributed by atoms with Crippen molar-refractivity contribution in [3.05, 3.63) is 0 Å². The summed E-state index contributed by atoms with van der Waals surface area (Å²) in [5.41, 5.74) is 0. The summed E-state index contributed by atoms with van der Waals surface area (Å²) in [7, 11) is 0. The van der Waals surface area contributed by atoms with Crippen LogP contribution in [-0.4, -0.2) is 106 Å². The molecule has 4 aliphatic heterocycles. The fourth-order valence-corrected chi connectivity index (χ4v) is 8.68. The van der Waals surface area contributed by atoms with E-state index in [2.05, 4.69) is 33.5 Å². The van der Waals surface area contributed by atoms with Gasteiger partial charge in [-0.25, -0.2) is 4.79 Å². The summed E-state index contributed by atoms with van der Waals surface area (Å²) < 4.78 is 6.14. The molecule has 5 unspecified atom stereocenters. The Morgan fingerprint density at radius 1 is 1.15 bits per heavy atom. The molecule has 0 aliphatic carbocycles. The summed E-state index contributed by atoms with van der Waals surface area (Å²) in [6, 6.07) is -0.266. The Morgan fingerprint density at radius 2 is 1.90 bits per heavy atom. The van der Waals surface area contributed by atoms with Gasteiger partial charge in [0.15, 0.2) is 0 Å². The number of thioether (sulfide) groups is 2. The Kier molecular flexibility index (Phi) is 11.1. The van der Waals surface area contributed by atoms with E-state index in [0.29, 0.717) is 11.2 Å². The third-order valence-corrected chi connectivity index (χ3v) is 10.9. The largest absolute Gasteiger partial charge is 0.388 e. The van der Waals surface area contributed by atoms with Gasteiger partial charge in [0.25, 0.3) is 0 Å². The van der Waals surface area contributed by atoms with Crippen molar-refractivity contribution in [1.82, 2.24) is 26.6 Å². The number of urea groups is 1. The highest BCUT2D eigenvalue weighted by Crippen LogP contribution is 2.34. The van der Waals surface area contributed by atoms with Crippen molar-refractivity contribution in [3.63, 3.8) is 0 Å². The Labute approximate surface area is 239 Å². The third-order valence-electron chi connectivity index (χ3n) is 8.30. The van der Waals surface area contributed by atoms with Crippen LogP contribution in [0.4, 0.5) is 4.79 Å². The molecular weight excluding hydrogens is 542 g/mol.